The maximum Gasteiger partial charge on any atom is 0.246 e. The molecule has 180 valence electrons. The molecule has 2 heterocycles. The Morgan fingerprint density at radius 3 is 2.26 bits per heavy atom. The highest BCUT2D eigenvalue weighted by molar-refractivity contribution is 5.94. The summed E-state index contributed by atoms with van der Waals surface area (Å²) in [4.78, 5) is 33.8. The Kier molecular flexibility index (Phi) is 9.03. The van der Waals surface area contributed by atoms with Crippen LogP contribution in [0.4, 0.5) is 10.2 Å². The van der Waals surface area contributed by atoms with Crippen molar-refractivity contribution in [2.24, 2.45) is 0 Å². The number of rotatable bonds is 7. The van der Waals surface area contributed by atoms with Gasteiger partial charge in [0.1, 0.15) is 29.7 Å². The quantitative estimate of drug-likeness (QED) is 0.323. The van der Waals surface area contributed by atoms with Crippen molar-refractivity contribution in [3.8, 4) is 22.8 Å². The van der Waals surface area contributed by atoms with Gasteiger partial charge in [-0.15, -0.1) is 0 Å². The first-order valence-corrected chi connectivity index (χ1v) is 10.6. The molecule has 0 saturated heterocycles. The number of anilines is 1. The highest BCUT2D eigenvalue weighted by atomic mass is 19.1. The van der Waals surface area contributed by atoms with Crippen LogP contribution < -0.4 is 15.4 Å². The van der Waals surface area contributed by atoms with Crippen molar-refractivity contribution in [3.63, 3.8) is 0 Å². The van der Waals surface area contributed by atoms with Gasteiger partial charge in [0.2, 0.25) is 11.8 Å². The molecule has 4 aromatic rings. The fraction of sp³-hybridized carbons (Fsp3) is 0.120. The van der Waals surface area contributed by atoms with Crippen molar-refractivity contribution < 1.29 is 23.8 Å². The Morgan fingerprint density at radius 2 is 1.69 bits per heavy atom. The van der Waals surface area contributed by atoms with Crippen LogP contribution in [0.25, 0.3) is 11.3 Å². The highest BCUT2D eigenvalue weighted by Crippen LogP contribution is 2.25. The molecule has 4 N–H and O–H groups in total. The first kappa shape index (κ1) is 25.1. The number of pyridine rings is 1. The van der Waals surface area contributed by atoms with Crippen molar-refractivity contribution in [2.45, 2.75) is 6.92 Å². The number of imidazole rings is 1. The Bertz CT molecular complexity index is 1230. The second-order valence-corrected chi connectivity index (χ2v) is 7.21. The summed E-state index contributed by atoms with van der Waals surface area (Å²) in [5.74, 6) is 0.0166. The van der Waals surface area contributed by atoms with E-state index in [-0.39, 0.29) is 12.4 Å². The molecule has 0 aliphatic carbocycles. The standard InChI is InChI=1S/C21H18FN3O4.C4H6N2/c22-15-6-10-17(11-7-15)29-16-8-4-14(5-9-16)18-2-1-3-19(24-18)25-20(27)12-23-21(28)13-26;1-4-2-5-3-6-4/h1-11,26H,12-13H2,(H,23,28)(H,24,25,27);2-3H,1H3,(H,5,6). The molecule has 0 saturated carbocycles. The SMILES string of the molecule is Cc1cnc[nH]1.O=C(CO)NCC(=O)Nc1cccc(-c2ccc(Oc3ccc(F)cc3)cc2)n1. The summed E-state index contributed by atoms with van der Waals surface area (Å²) in [5.41, 5.74) is 2.55. The van der Waals surface area contributed by atoms with E-state index in [0.29, 0.717) is 23.0 Å². The van der Waals surface area contributed by atoms with Crippen LogP contribution in [0.1, 0.15) is 5.69 Å². The molecule has 0 unspecified atom stereocenters. The molecule has 4 rings (SSSR count). The molecular formula is C25H24FN5O4. The van der Waals surface area contributed by atoms with E-state index in [1.807, 2.05) is 19.1 Å². The number of nitrogens with one attached hydrogen (secondary N) is 3. The lowest BCUT2D eigenvalue weighted by Crippen LogP contribution is -2.34. The number of hydrogen-bond acceptors (Lipinski definition) is 6. The smallest absolute Gasteiger partial charge is 0.246 e. The number of benzene rings is 2. The van der Waals surface area contributed by atoms with Crippen LogP contribution >= 0.6 is 0 Å². The monoisotopic (exact) mass is 477 g/mol. The lowest BCUT2D eigenvalue weighted by atomic mass is 10.1. The zero-order chi connectivity index (χ0) is 25.0. The molecule has 2 amide bonds. The third-order valence-corrected chi connectivity index (χ3v) is 4.44. The molecule has 0 aliphatic heterocycles. The van der Waals surface area contributed by atoms with Crippen LogP contribution in [-0.2, 0) is 9.59 Å². The minimum absolute atomic E-state index is 0.263. The van der Waals surface area contributed by atoms with E-state index >= 15 is 0 Å². The number of nitrogens with zero attached hydrogens (tertiary/aromatic N) is 2. The summed E-state index contributed by atoms with van der Waals surface area (Å²) in [6, 6.07) is 18.0. The van der Waals surface area contributed by atoms with Gasteiger partial charge in [0.05, 0.1) is 18.6 Å². The van der Waals surface area contributed by atoms with Gasteiger partial charge in [-0.1, -0.05) is 6.07 Å². The number of aryl methyl sites for hydroxylation is 1. The van der Waals surface area contributed by atoms with Crippen molar-refractivity contribution in [1.82, 2.24) is 20.3 Å². The molecule has 0 spiro atoms. The van der Waals surface area contributed by atoms with E-state index in [2.05, 4.69) is 25.6 Å². The molecule has 35 heavy (non-hydrogen) atoms. The number of H-pyrrole nitrogens is 1. The molecule has 2 aromatic carbocycles. The van der Waals surface area contributed by atoms with Crippen molar-refractivity contribution >= 4 is 17.6 Å². The number of ether oxygens (including phenoxy) is 1. The Hall–Kier alpha value is -4.57. The predicted molar refractivity (Wildman–Crippen MR) is 128 cm³/mol. The van der Waals surface area contributed by atoms with Gasteiger partial charge < -0.3 is 25.5 Å². The number of carbonyl (C=O) groups is 2. The minimum Gasteiger partial charge on any atom is -0.457 e. The molecule has 10 heteroatoms. The molecule has 0 atom stereocenters. The lowest BCUT2D eigenvalue weighted by Gasteiger charge is -2.09. The van der Waals surface area contributed by atoms with Crippen LogP contribution in [-0.4, -0.2) is 45.0 Å². The first-order chi connectivity index (χ1) is 16.9. The van der Waals surface area contributed by atoms with Gasteiger partial charge in [-0.2, -0.15) is 0 Å². The number of aliphatic hydroxyl groups excluding tert-OH is 1. The topological polar surface area (TPSA) is 129 Å². The minimum atomic E-state index is -0.679. The fourth-order valence-corrected chi connectivity index (χ4v) is 2.74. The molecule has 9 nitrogen and oxygen atoms in total. The van der Waals surface area contributed by atoms with Gasteiger partial charge in [0.15, 0.2) is 0 Å². The summed E-state index contributed by atoms with van der Waals surface area (Å²) in [6.45, 7) is 1.02. The maximum absolute atomic E-state index is 13.0. The number of amides is 2. The average molecular weight is 477 g/mol. The number of hydrogen-bond donors (Lipinski definition) is 4. The van der Waals surface area contributed by atoms with Gasteiger partial charge in [-0.3, -0.25) is 9.59 Å². The Balaban J connectivity index is 0.000000497. The number of halogens is 1. The molecular weight excluding hydrogens is 453 g/mol. The average Bonchev–Trinajstić information content (AvgIpc) is 3.36. The van der Waals surface area contributed by atoms with Crippen LogP contribution in [0.3, 0.4) is 0 Å². The molecule has 0 aliphatic rings. The van der Waals surface area contributed by atoms with E-state index in [1.165, 1.54) is 12.1 Å². The molecule has 0 bridgehead atoms. The summed E-state index contributed by atoms with van der Waals surface area (Å²) in [7, 11) is 0. The van der Waals surface area contributed by atoms with Crippen LogP contribution in [0.2, 0.25) is 0 Å². The highest BCUT2D eigenvalue weighted by Gasteiger charge is 2.07. The van der Waals surface area contributed by atoms with E-state index < -0.39 is 18.4 Å². The third kappa shape index (κ3) is 8.37. The summed E-state index contributed by atoms with van der Waals surface area (Å²) in [5, 5.41) is 13.5. The molecule has 2 aromatic heterocycles. The fourth-order valence-electron chi connectivity index (χ4n) is 2.74. The zero-order valence-electron chi connectivity index (χ0n) is 18.9. The summed E-state index contributed by atoms with van der Waals surface area (Å²) < 4.78 is 18.6. The van der Waals surface area contributed by atoms with E-state index in [0.717, 1.165) is 11.3 Å². The predicted octanol–water partition coefficient (Wildman–Crippen LogP) is 3.45. The van der Waals surface area contributed by atoms with Gasteiger partial charge in [0, 0.05) is 17.5 Å². The van der Waals surface area contributed by atoms with Crippen molar-refractivity contribution in [1.29, 1.82) is 0 Å². The second kappa shape index (κ2) is 12.6. The largest absolute Gasteiger partial charge is 0.457 e. The maximum atomic E-state index is 13.0. The lowest BCUT2D eigenvalue weighted by molar-refractivity contribution is -0.126. The van der Waals surface area contributed by atoms with Crippen LogP contribution in [0.15, 0.2) is 79.3 Å². The van der Waals surface area contributed by atoms with Crippen LogP contribution in [0.5, 0.6) is 11.5 Å². The zero-order valence-corrected chi connectivity index (χ0v) is 18.9. The Labute approximate surface area is 201 Å². The Morgan fingerprint density at radius 1 is 1.00 bits per heavy atom. The normalized spacial score (nSPS) is 10.0. The molecule has 0 fully saturated rings. The van der Waals surface area contributed by atoms with Gasteiger partial charge >= 0.3 is 0 Å². The van der Waals surface area contributed by atoms with Gasteiger partial charge in [-0.05, 0) is 67.6 Å². The summed E-state index contributed by atoms with van der Waals surface area (Å²) >= 11 is 0. The number of aromatic amines is 1. The van der Waals surface area contributed by atoms with E-state index in [9.17, 15) is 14.0 Å². The first-order valence-electron chi connectivity index (χ1n) is 10.6. The molecule has 0 radical (unpaired) electrons. The number of aromatic nitrogens is 3. The van der Waals surface area contributed by atoms with E-state index in [4.69, 9.17) is 9.84 Å². The third-order valence-electron chi connectivity index (χ3n) is 4.44. The second-order valence-electron chi connectivity index (χ2n) is 7.21. The van der Waals surface area contributed by atoms with E-state index in [1.54, 1.807) is 55.0 Å². The van der Waals surface area contributed by atoms with Crippen molar-refractivity contribution in [3.05, 3.63) is 90.8 Å². The van der Waals surface area contributed by atoms with Crippen molar-refractivity contribution in [2.75, 3.05) is 18.5 Å². The summed E-state index contributed by atoms with van der Waals surface area (Å²) in [6.07, 6.45) is 3.44. The van der Waals surface area contributed by atoms with Gasteiger partial charge in [0.25, 0.3) is 0 Å². The van der Waals surface area contributed by atoms with Gasteiger partial charge in [-0.25, -0.2) is 14.4 Å². The van der Waals surface area contributed by atoms with Crippen LogP contribution in [0, 0.1) is 12.7 Å². The number of aliphatic hydroxyl groups is 1. The number of carbonyl (C=O) groups excluding carboxylic acids is 2.